The number of methoxy groups -OCH3 is 1. The zero-order valence-electron chi connectivity index (χ0n) is 11.5. The fraction of sp³-hybridized carbons (Fsp3) is 0.0625. The van der Waals surface area contributed by atoms with Gasteiger partial charge >= 0.3 is 6.03 Å². The highest BCUT2D eigenvalue weighted by Crippen LogP contribution is 2.14. The summed E-state index contributed by atoms with van der Waals surface area (Å²) in [6.45, 7) is 0. The fourth-order valence-electron chi connectivity index (χ4n) is 1.66. The molecule has 0 radical (unpaired) electrons. The van der Waals surface area contributed by atoms with Crippen LogP contribution in [0.2, 0.25) is 5.02 Å². The fourth-order valence-corrected chi connectivity index (χ4v) is 1.79. The number of urea groups is 1. The van der Waals surface area contributed by atoms with E-state index in [1.54, 1.807) is 43.7 Å². The van der Waals surface area contributed by atoms with Crippen molar-refractivity contribution in [2.24, 2.45) is 0 Å². The summed E-state index contributed by atoms with van der Waals surface area (Å²) in [6, 6.07) is 14.1. The third-order valence-corrected chi connectivity index (χ3v) is 2.94. The lowest BCUT2D eigenvalue weighted by Crippen LogP contribution is -2.23. The lowest BCUT2D eigenvalue weighted by Gasteiger charge is -2.04. The number of hydrogen-bond acceptors (Lipinski definition) is 2. The van der Waals surface area contributed by atoms with Crippen molar-refractivity contribution in [3.05, 3.63) is 65.3 Å². The lowest BCUT2D eigenvalue weighted by molar-refractivity contribution is 0.255. The first kappa shape index (κ1) is 14.9. The second-order valence-electron chi connectivity index (χ2n) is 4.22. The van der Waals surface area contributed by atoms with Crippen LogP contribution in [-0.2, 0) is 0 Å². The molecule has 0 bridgehead atoms. The number of benzene rings is 2. The summed E-state index contributed by atoms with van der Waals surface area (Å²) in [5.41, 5.74) is 1.60. The number of carbonyl (C=O) groups excluding carboxylic acids is 1. The quantitative estimate of drug-likeness (QED) is 0.891. The van der Waals surface area contributed by atoms with Crippen molar-refractivity contribution < 1.29 is 9.53 Å². The first-order chi connectivity index (χ1) is 10.2. The number of rotatable bonds is 4. The molecule has 0 spiro atoms. The van der Waals surface area contributed by atoms with Crippen molar-refractivity contribution in [2.45, 2.75) is 0 Å². The van der Waals surface area contributed by atoms with E-state index in [0.717, 1.165) is 11.3 Å². The predicted molar refractivity (Wildman–Crippen MR) is 85.6 cm³/mol. The van der Waals surface area contributed by atoms with Crippen LogP contribution in [-0.4, -0.2) is 13.1 Å². The minimum Gasteiger partial charge on any atom is -0.497 e. The molecule has 5 heteroatoms. The van der Waals surface area contributed by atoms with E-state index in [0.29, 0.717) is 10.7 Å². The Hall–Kier alpha value is -2.46. The second-order valence-corrected chi connectivity index (χ2v) is 4.65. The van der Waals surface area contributed by atoms with Gasteiger partial charge in [0.1, 0.15) is 5.75 Å². The van der Waals surface area contributed by atoms with Crippen LogP contribution in [0, 0.1) is 0 Å². The number of nitrogens with one attached hydrogen (secondary N) is 2. The van der Waals surface area contributed by atoms with Gasteiger partial charge in [0.25, 0.3) is 0 Å². The Balaban J connectivity index is 1.88. The van der Waals surface area contributed by atoms with Gasteiger partial charge in [-0.1, -0.05) is 23.7 Å². The van der Waals surface area contributed by atoms with Crippen LogP contribution in [0.5, 0.6) is 5.75 Å². The molecule has 0 aliphatic rings. The highest BCUT2D eigenvalue weighted by Gasteiger charge is 1.98. The average Bonchev–Trinajstić information content (AvgIpc) is 2.50. The molecule has 21 heavy (non-hydrogen) atoms. The van der Waals surface area contributed by atoms with Gasteiger partial charge in [0, 0.05) is 16.9 Å². The van der Waals surface area contributed by atoms with E-state index >= 15 is 0 Å². The normalized spacial score (nSPS) is 10.4. The van der Waals surface area contributed by atoms with Crippen LogP contribution in [0.3, 0.4) is 0 Å². The Labute approximate surface area is 128 Å². The maximum Gasteiger partial charge on any atom is 0.323 e. The Morgan fingerprint density at radius 3 is 2.67 bits per heavy atom. The van der Waals surface area contributed by atoms with E-state index in [1.807, 2.05) is 24.3 Å². The van der Waals surface area contributed by atoms with Crippen LogP contribution < -0.4 is 15.4 Å². The van der Waals surface area contributed by atoms with Crippen LogP contribution in [0.15, 0.2) is 54.7 Å². The Morgan fingerprint density at radius 1 is 1.19 bits per heavy atom. The van der Waals surface area contributed by atoms with Gasteiger partial charge in [-0.15, -0.1) is 0 Å². The predicted octanol–water partition coefficient (Wildman–Crippen LogP) is 4.14. The van der Waals surface area contributed by atoms with E-state index < -0.39 is 0 Å². The Morgan fingerprint density at radius 2 is 1.95 bits per heavy atom. The summed E-state index contributed by atoms with van der Waals surface area (Å²) in [5, 5.41) is 5.94. The zero-order chi connectivity index (χ0) is 15.1. The van der Waals surface area contributed by atoms with Crippen LogP contribution >= 0.6 is 11.6 Å². The minimum absolute atomic E-state index is 0.323. The van der Waals surface area contributed by atoms with Crippen molar-refractivity contribution in [3.8, 4) is 5.75 Å². The topological polar surface area (TPSA) is 50.4 Å². The molecule has 2 amide bonds. The summed E-state index contributed by atoms with van der Waals surface area (Å²) >= 11 is 5.77. The van der Waals surface area contributed by atoms with Gasteiger partial charge in [0.2, 0.25) is 0 Å². The molecule has 2 aromatic rings. The number of anilines is 1. The minimum atomic E-state index is -0.323. The van der Waals surface area contributed by atoms with Gasteiger partial charge in [0.05, 0.1) is 7.11 Å². The molecule has 4 nitrogen and oxygen atoms in total. The van der Waals surface area contributed by atoms with E-state index in [-0.39, 0.29) is 6.03 Å². The van der Waals surface area contributed by atoms with Crippen LogP contribution in [0.1, 0.15) is 5.56 Å². The summed E-state index contributed by atoms with van der Waals surface area (Å²) in [5.74, 6) is 0.766. The molecule has 0 saturated heterocycles. The molecule has 0 atom stereocenters. The van der Waals surface area contributed by atoms with E-state index in [2.05, 4.69) is 10.6 Å². The van der Waals surface area contributed by atoms with E-state index in [1.165, 1.54) is 0 Å². The van der Waals surface area contributed by atoms with Crippen molar-refractivity contribution in [2.75, 3.05) is 12.4 Å². The van der Waals surface area contributed by atoms with Gasteiger partial charge in [-0.25, -0.2) is 4.79 Å². The molecule has 0 heterocycles. The van der Waals surface area contributed by atoms with E-state index in [9.17, 15) is 4.79 Å². The Kier molecular flexibility index (Phi) is 5.23. The number of ether oxygens (including phenoxy) is 1. The molecule has 0 saturated carbocycles. The molecule has 0 fully saturated rings. The standard InChI is InChI=1S/C16H15ClN2O2/c1-21-15-4-2-3-12(11-15)9-10-18-16(20)19-14-7-5-13(17)6-8-14/h2-11H,1H3,(H2,18,19,20)/b10-9+. The number of carbonyl (C=O) groups is 1. The maximum absolute atomic E-state index is 11.7. The highest BCUT2D eigenvalue weighted by molar-refractivity contribution is 6.30. The van der Waals surface area contributed by atoms with Gasteiger partial charge in [-0.05, 0) is 48.0 Å². The van der Waals surface area contributed by atoms with Crippen molar-refractivity contribution in [1.29, 1.82) is 0 Å². The van der Waals surface area contributed by atoms with Gasteiger partial charge in [-0.2, -0.15) is 0 Å². The van der Waals surface area contributed by atoms with Crippen molar-refractivity contribution in [3.63, 3.8) is 0 Å². The van der Waals surface area contributed by atoms with Crippen LogP contribution in [0.4, 0.5) is 10.5 Å². The number of amides is 2. The Bertz CT molecular complexity index is 639. The third kappa shape index (κ3) is 4.85. The smallest absolute Gasteiger partial charge is 0.323 e. The van der Waals surface area contributed by atoms with Gasteiger partial charge in [0.15, 0.2) is 0 Å². The number of halogens is 1. The van der Waals surface area contributed by atoms with Crippen molar-refractivity contribution >= 4 is 29.4 Å². The van der Waals surface area contributed by atoms with Crippen LogP contribution in [0.25, 0.3) is 6.08 Å². The second kappa shape index (κ2) is 7.36. The molecule has 2 aromatic carbocycles. The molecule has 0 aromatic heterocycles. The average molecular weight is 303 g/mol. The number of hydrogen-bond donors (Lipinski definition) is 2. The first-order valence-electron chi connectivity index (χ1n) is 6.31. The molecule has 0 aliphatic carbocycles. The summed E-state index contributed by atoms with van der Waals surface area (Å²) < 4.78 is 5.13. The van der Waals surface area contributed by atoms with Gasteiger partial charge < -0.3 is 15.4 Å². The zero-order valence-corrected chi connectivity index (χ0v) is 12.2. The first-order valence-corrected chi connectivity index (χ1v) is 6.69. The van der Waals surface area contributed by atoms with E-state index in [4.69, 9.17) is 16.3 Å². The van der Waals surface area contributed by atoms with Gasteiger partial charge in [-0.3, -0.25) is 0 Å². The lowest BCUT2D eigenvalue weighted by atomic mass is 10.2. The molecular formula is C16H15ClN2O2. The molecule has 0 aliphatic heterocycles. The SMILES string of the molecule is COc1cccc(/C=C/NC(=O)Nc2ccc(Cl)cc2)c1. The highest BCUT2D eigenvalue weighted by atomic mass is 35.5. The van der Waals surface area contributed by atoms with Crippen molar-refractivity contribution in [1.82, 2.24) is 5.32 Å². The molecular weight excluding hydrogens is 288 g/mol. The molecule has 0 unspecified atom stereocenters. The summed E-state index contributed by atoms with van der Waals surface area (Å²) in [7, 11) is 1.61. The third-order valence-electron chi connectivity index (χ3n) is 2.69. The summed E-state index contributed by atoms with van der Waals surface area (Å²) in [4.78, 5) is 11.7. The molecule has 2 rings (SSSR count). The summed E-state index contributed by atoms with van der Waals surface area (Å²) in [6.07, 6.45) is 3.35. The molecule has 2 N–H and O–H groups in total. The molecule has 108 valence electrons. The monoisotopic (exact) mass is 302 g/mol. The maximum atomic E-state index is 11.7. The largest absolute Gasteiger partial charge is 0.497 e.